The number of pyridine rings is 1. The van der Waals surface area contributed by atoms with Crippen LogP contribution in [-0.2, 0) is 0 Å². The Bertz CT molecular complexity index is 588. The Balaban J connectivity index is 2.31. The zero-order valence-electron chi connectivity index (χ0n) is 10.0. The summed E-state index contributed by atoms with van der Waals surface area (Å²) in [6.45, 7) is 2.06. The summed E-state index contributed by atoms with van der Waals surface area (Å²) in [7, 11) is 1.95. The Kier molecular flexibility index (Phi) is 2.48. The first kappa shape index (κ1) is 10.8. The van der Waals surface area contributed by atoms with E-state index in [1.807, 2.05) is 13.1 Å². The quantitative estimate of drug-likeness (QED) is 0.862. The summed E-state index contributed by atoms with van der Waals surface area (Å²) >= 11 is 6.30. The molecular formula is C14H15ClN2. The number of halogens is 1. The predicted octanol–water partition coefficient (Wildman–Crippen LogP) is 4.12. The van der Waals surface area contributed by atoms with Gasteiger partial charge in [0.15, 0.2) is 0 Å². The van der Waals surface area contributed by atoms with Gasteiger partial charge in [0.25, 0.3) is 0 Å². The monoisotopic (exact) mass is 246 g/mol. The molecule has 2 nitrogen and oxygen atoms in total. The summed E-state index contributed by atoms with van der Waals surface area (Å²) in [5.74, 6) is 0.642. The van der Waals surface area contributed by atoms with E-state index in [-0.39, 0.29) is 0 Å². The van der Waals surface area contributed by atoms with Crippen LogP contribution >= 0.6 is 11.6 Å². The van der Waals surface area contributed by atoms with Crippen LogP contribution in [0.15, 0.2) is 18.2 Å². The molecule has 1 heterocycles. The maximum Gasteiger partial charge on any atom is 0.0912 e. The molecule has 2 aromatic rings. The molecule has 0 bridgehead atoms. The highest BCUT2D eigenvalue weighted by Crippen LogP contribution is 2.41. The van der Waals surface area contributed by atoms with Gasteiger partial charge in [-0.05, 0) is 43.5 Å². The lowest BCUT2D eigenvalue weighted by molar-refractivity contribution is 1.04. The van der Waals surface area contributed by atoms with Crippen molar-refractivity contribution in [3.05, 3.63) is 34.5 Å². The van der Waals surface area contributed by atoms with E-state index in [2.05, 4.69) is 24.4 Å². The van der Waals surface area contributed by atoms with Gasteiger partial charge in [0.2, 0.25) is 0 Å². The third-order valence-electron chi connectivity index (χ3n) is 3.30. The van der Waals surface area contributed by atoms with Crippen LogP contribution in [0.4, 0.5) is 5.69 Å². The minimum Gasteiger partial charge on any atom is -0.388 e. The topological polar surface area (TPSA) is 24.9 Å². The van der Waals surface area contributed by atoms with Crippen molar-refractivity contribution >= 4 is 28.2 Å². The van der Waals surface area contributed by atoms with Crippen LogP contribution in [-0.4, -0.2) is 12.0 Å². The number of benzene rings is 1. The van der Waals surface area contributed by atoms with Gasteiger partial charge in [0, 0.05) is 29.7 Å². The lowest BCUT2D eigenvalue weighted by Crippen LogP contribution is -1.96. The van der Waals surface area contributed by atoms with Crippen LogP contribution < -0.4 is 5.32 Å². The third-order valence-corrected chi connectivity index (χ3v) is 3.58. The Morgan fingerprint density at radius 1 is 1.29 bits per heavy atom. The molecule has 0 radical (unpaired) electrons. The normalized spacial score (nSPS) is 15.2. The average molecular weight is 247 g/mol. The highest BCUT2D eigenvalue weighted by molar-refractivity contribution is 6.35. The lowest BCUT2D eigenvalue weighted by atomic mass is 10.1. The molecule has 1 aromatic heterocycles. The highest BCUT2D eigenvalue weighted by atomic mass is 35.5. The minimum absolute atomic E-state index is 0.642. The van der Waals surface area contributed by atoms with E-state index < -0.39 is 0 Å². The second-order valence-electron chi connectivity index (χ2n) is 4.76. The van der Waals surface area contributed by atoms with E-state index in [4.69, 9.17) is 16.6 Å². The number of anilines is 1. The Labute approximate surface area is 106 Å². The summed E-state index contributed by atoms with van der Waals surface area (Å²) in [5, 5.41) is 5.11. The lowest BCUT2D eigenvalue weighted by Gasteiger charge is -2.10. The zero-order chi connectivity index (χ0) is 12.0. The van der Waals surface area contributed by atoms with E-state index in [0.29, 0.717) is 5.92 Å². The van der Waals surface area contributed by atoms with Gasteiger partial charge < -0.3 is 5.32 Å². The summed E-state index contributed by atoms with van der Waals surface area (Å²) < 4.78 is 0. The Hall–Kier alpha value is -1.28. The first-order valence-corrected chi connectivity index (χ1v) is 6.35. The number of aromatic nitrogens is 1. The second kappa shape index (κ2) is 3.88. The van der Waals surface area contributed by atoms with Crippen molar-refractivity contribution in [1.82, 2.24) is 4.98 Å². The van der Waals surface area contributed by atoms with Crippen LogP contribution in [0.5, 0.6) is 0 Å². The van der Waals surface area contributed by atoms with Crippen molar-refractivity contribution in [2.45, 2.75) is 25.7 Å². The SMILES string of the molecule is CNc1cc(C2CC2)nc2c(Cl)cc(C)cc12. The van der Waals surface area contributed by atoms with Gasteiger partial charge in [-0.25, -0.2) is 0 Å². The largest absolute Gasteiger partial charge is 0.388 e. The van der Waals surface area contributed by atoms with Crippen LogP contribution in [0.1, 0.15) is 30.0 Å². The third kappa shape index (κ3) is 1.87. The summed E-state index contributed by atoms with van der Waals surface area (Å²) in [6, 6.07) is 6.28. The van der Waals surface area contributed by atoms with Gasteiger partial charge in [0.1, 0.15) is 0 Å². The van der Waals surface area contributed by atoms with Crippen LogP contribution in [0.2, 0.25) is 5.02 Å². The van der Waals surface area contributed by atoms with Gasteiger partial charge in [-0.15, -0.1) is 0 Å². The fourth-order valence-electron chi connectivity index (χ4n) is 2.24. The summed E-state index contributed by atoms with van der Waals surface area (Å²) in [5.41, 5.74) is 4.39. The number of rotatable bonds is 2. The highest BCUT2D eigenvalue weighted by Gasteiger charge is 2.26. The fourth-order valence-corrected chi connectivity index (χ4v) is 2.55. The number of hydrogen-bond acceptors (Lipinski definition) is 2. The molecule has 0 aliphatic heterocycles. The zero-order valence-corrected chi connectivity index (χ0v) is 10.8. The molecule has 3 heteroatoms. The average Bonchev–Trinajstić information content (AvgIpc) is 3.11. The first-order chi connectivity index (χ1) is 8.19. The molecule has 0 amide bonds. The molecule has 1 N–H and O–H groups in total. The van der Waals surface area contributed by atoms with Gasteiger partial charge in [0.05, 0.1) is 10.5 Å². The molecule has 0 spiro atoms. The van der Waals surface area contributed by atoms with E-state index in [1.165, 1.54) is 24.1 Å². The van der Waals surface area contributed by atoms with Crippen LogP contribution in [0.25, 0.3) is 10.9 Å². The molecule has 1 fully saturated rings. The molecule has 0 atom stereocenters. The van der Waals surface area contributed by atoms with Crippen LogP contribution in [0, 0.1) is 6.92 Å². The van der Waals surface area contributed by atoms with E-state index in [9.17, 15) is 0 Å². The van der Waals surface area contributed by atoms with Gasteiger partial charge in [-0.2, -0.15) is 0 Å². The molecule has 88 valence electrons. The van der Waals surface area contributed by atoms with Crippen molar-refractivity contribution in [2.75, 3.05) is 12.4 Å². The van der Waals surface area contributed by atoms with E-state index in [0.717, 1.165) is 21.6 Å². The molecule has 17 heavy (non-hydrogen) atoms. The van der Waals surface area contributed by atoms with Gasteiger partial charge in [-0.1, -0.05) is 11.6 Å². The maximum atomic E-state index is 6.30. The molecule has 1 aliphatic rings. The minimum atomic E-state index is 0.642. The smallest absolute Gasteiger partial charge is 0.0912 e. The standard InChI is InChI=1S/C14H15ClN2/c1-8-5-10-13(16-2)7-12(9-3-4-9)17-14(10)11(15)6-8/h5-7,9H,3-4H2,1-2H3,(H,16,17). The van der Waals surface area contributed by atoms with Crippen molar-refractivity contribution < 1.29 is 0 Å². The molecule has 1 aliphatic carbocycles. The Morgan fingerprint density at radius 3 is 2.71 bits per heavy atom. The number of aryl methyl sites for hydroxylation is 1. The second-order valence-corrected chi connectivity index (χ2v) is 5.17. The fraction of sp³-hybridized carbons (Fsp3) is 0.357. The number of nitrogens with one attached hydrogen (secondary N) is 1. The molecule has 1 aromatic carbocycles. The van der Waals surface area contributed by atoms with Crippen molar-refractivity contribution in [1.29, 1.82) is 0 Å². The summed E-state index contributed by atoms with van der Waals surface area (Å²) in [4.78, 5) is 4.71. The number of fused-ring (bicyclic) bond motifs is 1. The van der Waals surface area contributed by atoms with Gasteiger partial charge in [-0.3, -0.25) is 4.98 Å². The first-order valence-electron chi connectivity index (χ1n) is 5.97. The van der Waals surface area contributed by atoms with Crippen molar-refractivity contribution in [3.63, 3.8) is 0 Å². The van der Waals surface area contributed by atoms with Crippen LogP contribution in [0.3, 0.4) is 0 Å². The van der Waals surface area contributed by atoms with Crippen molar-refractivity contribution in [3.8, 4) is 0 Å². The molecule has 1 saturated carbocycles. The van der Waals surface area contributed by atoms with E-state index in [1.54, 1.807) is 0 Å². The van der Waals surface area contributed by atoms with Gasteiger partial charge >= 0.3 is 0 Å². The molecular weight excluding hydrogens is 232 g/mol. The number of hydrogen-bond donors (Lipinski definition) is 1. The van der Waals surface area contributed by atoms with E-state index >= 15 is 0 Å². The van der Waals surface area contributed by atoms with Crippen molar-refractivity contribution in [2.24, 2.45) is 0 Å². The maximum absolute atomic E-state index is 6.30. The number of nitrogens with zero attached hydrogens (tertiary/aromatic N) is 1. The summed E-state index contributed by atoms with van der Waals surface area (Å²) in [6.07, 6.45) is 2.51. The molecule has 0 saturated heterocycles. The Morgan fingerprint density at radius 2 is 2.06 bits per heavy atom. The molecule has 0 unspecified atom stereocenters. The predicted molar refractivity (Wildman–Crippen MR) is 73.0 cm³/mol. The molecule has 3 rings (SSSR count).